The van der Waals surface area contributed by atoms with Gasteiger partial charge < -0.3 is 0 Å². The normalized spacial score (nSPS) is 11.7. The third-order valence-electron chi connectivity index (χ3n) is 2.79. The fourth-order valence-corrected chi connectivity index (χ4v) is 3.49. The van der Waals surface area contributed by atoms with Crippen LogP contribution in [0.4, 0.5) is 14.5 Å². The quantitative estimate of drug-likeness (QED) is 0.779. The molecule has 0 radical (unpaired) electrons. The smallest absolute Gasteiger partial charge is 0.280 e. The number of hydrogen-bond acceptors (Lipinski definition) is 3. The summed E-state index contributed by atoms with van der Waals surface area (Å²) in [5.41, 5.74) is 1.06. The summed E-state index contributed by atoms with van der Waals surface area (Å²) in [5.74, 6) is -2.52. The van der Waals surface area contributed by atoms with Crippen LogP contribution in [-0.2, 0) is 10.0 Å². The Labute approximate surface area is 136 Å². The van der Waals surface area contributed by atoms with Crippen molar-refractivity contribution in [1.29, 1.82) is 0 Å². The SMILES string of the molecule is Cc1ccc(S(=O)(=O)Nc2ccc(SC(F)F)cc2)cc1Cl. The fourth-order valence-electron chi connectivity index (χ4n) is 1.66. The zero-order chi connectivity index (χ0) is 16.3. The number of anilines is 1. The zero-order valence-electron chi connectivity index (χ0n) is 11.4. The summed E-state index contributed by atoms with van der Waals surface area (Å²) >= 11 is 6.32. The monoisotopic (exact) mass is 363 g/mol. The van der Waals surface area contributed by atoms with Crippen molar-refractivity contribution in [2.45, 2.75) is 22.5 Å². The largest absolute Gasteiger partial charge is 0.288 e. The third-order valence-corrected chi connectivity index (χ3v) is 5.29. The predicted molar refractivity (Wildman–Crippen MR) is 85.3 cm³/mol. The van der Waals surface area contributed by atoms with Crippen LogP contribution in [0.3, 0.4) is 0 Å². The van der Waals surface area contributed by atoms with Gasteiger partial charge in [-0.05, 0) is 48.9 Å². The van der Waals surface area contributed by atoms with Crippen LogP contribution in [0.1, 0.15) is 5.56 Å². The van der Waals surface area contributed by atoms with Crippen LogP contribution in [0.15, 0.2) is 52.3 Å². The van der Waals surface area contributed by atoms with E-state index in [1.165, 1.54) is 36.4 Å². The molecule has 8 heteroatoms. The topological polar surface area (TPSA) is 46.2 Å². The second kappa shape index (κ2) is 6.85. The standard InChI is InChI=1S/C14H12ClF2NO2S2/c1-9-2-7-12(8-13(9)15)22(19,20)18-10-3-5-11(6-4-10)21-14(16)17/h2-8,14,18H,1H3. The predicted octanol–water partition coefficient (Wildman–Crippen LogP) is 4.76. The lowest BCUT2D eigenvalue weighted by Crippen LogP contribution is -2.12. The van der Waals surface area contributed by atoms with Crippen molar-refractivity contribution in [2.24, 2.45) is 0 Å². The Morgan fingerprint density at radius 2 is 1.77 bits per heavy atom. The number of thioether (sulfide) groups is 1. The van der Waals surface area contributed by atoms with E-state index in [1.54, 1.807) is 13.0 Å². The van der Waals surface area contributed by atoms with Crippen molar-refractivity contribution < 1.29 is 17.2 Å². The number of rotatable bonds is 5. The van der Waals surface area contributed by atoms with Crippen LogP contribution in [-0.4, -0.2) is 14.2 Å². The Morgan fingerprint density at radius 1 is 1.14 bits per heavy atom. The maximum Gasteiger partial charge on any atom is 0.288 e. The highest BCUT2D eigenvalue weighted by atomic mass is 35.5. The summed E-state index contributed by atoms with van der Waals surface area (Å²) in [5, 5.41) is 0.353. The van der Waals surface area contributed by atoms with Gasteiger partial charge in [0, 0.05) is 15.6 Å². The Balaban J connectivity index is 2.19. The van der Waals surface area contributed by atoms with Gasteiger partial charge in [-0.1, -0.05) is 29.4 Å². The minimum Gasteiger partial charge on any atom is -0.280 e. The molecule has 0 unspecified atom stereocenters. The lowest BCUT2D eigenvalue weighted by Gasteiger charge is -2.10. The summed E-state index contributed by atoms with van der Waals surface area (Å²) in [6, 6.07) is 10.1. The number of hydrogen-bond donors (Lipinski definition) is 1. The summed E-state index contributed by atoms with van der Waals surface area (Å²) in [6.45, 7) is 1.77. The highest BCUT2D eigenvalue weighted by Gasteiger charge is 2.15. The summed E-state index contributed by atoms with van der Waals surface area (Å²) in [4.78, 5) is 0.394. The number of halogens is 3. The summed E-state index contributed by atoms with van der Waals surface area (Å²) in [7, 11) is -3.78. The van der Waals surface area contributed by atoms with Gasteiger partial charge in [0.2, 0.25) is 0 Å². The molecule has 0 aromatic heterocycles. The molecule has 0 aliphatic rings. The lowest BCUT2D eigenvalue weighted by atomic mass is 10.2. The number of benzene rings is 2. The van der Waals surface area contributed by atoms with E-state index >= 15 is 0 Å². The first-order chi connectivity index (χ1) is 10.3. The number of aryl methyl sites for hydroxylation is 1. The van der Waals surface area contributed by atoms with E-state index in [-0.39, 0.29) is 10.6 Å². The first-order valence-electron chi connectivity index (χ1n) is 6.12. The molecule has 2 aromatic rings. The van der Waals surface area contributed by atoms with Gasteiger partial charge in [-0.3, -0.25) is 4.72 Å². The molecule has 0 spiro atoms. The van der Waals surface area contributed by atoms with Gasteiger partial charge in [0.05, 0.1) is 4.90 Å². The minimum absolute atomic E-state index is 0.0362. The van der Waals surface area contributed by atoms with E-state index < -0.39 is 15.8 Å². The Kier molecular flexibility index (Phi) is 5.31. The van der Waals surface area contributed by atoms with Gasteiger partial charge >= 0.3 is 0 Å². The van der Waals surface area contributed by atoms with Gasteiger partial charge in [0.25, 0.3) is 15.8 Å². The van der Waals surface area contributed by atoms with Crippen molar-refractivity contribution >= 4 is 39.1 Å². The first kappa shape index (κ1) is 17.1. The van der Waals surface area contributed by atoms with Crippen molar-refractivity contribution in [2.75, 3.05) is 4.72 Å². The van der Waals surface area contributed by atoms with Crippen LogP contribution in [0, 0.1) is 6.92 Å². The molecule has 0 saturated carbocycles. The molecule has 0 fully saturated rings. The lowest BCUT2D eigenvalue weighted by molar-refractivity contribution is 0.252. The fraction of sp³-hybridized carbons (Fsp3) is 0.143. The van der Waals surface area contributed by atoms with E-state index in [1.807, 2.05) is 0 Å². The average molecular weight is 364 g/mol. The molecule has 3 nitrogen and oxygen atoms in total. The number of nitrogens with one attached hydrogen (secondary N) is 1. The van der Waals surface area contributed by atoms with E-state index in [0.717, 1.165) is 5.56 Å². The minimum atomic E-state index is -3.78. The van der Waals surface area contributed by atoms with E-state index in [9.17, 15) is 17.2 Å². The zero-order valence-corrected chi connectivity index (χ0v) is 13.8. The number of sulfonamides is 1. The van der Waals surface area contributed by atoms with Crippen LogP contribution in [0.5, 0.6) is 0 Å². The molecule has 0 amide bonds. The Hall–Kier alpha value is -1.31. The van der Waals surface area contributed by atoms with E-state index in [4.69, 9.17) is 11.6 Å². The molecule has 0 aliphatic carbocycles. The molecular formula is C14H12ClF2NO2S2. The molecule has 2 rings (SSSR count). The molecule has 118 valence electrons. The first-order valence-corrected chi connectivity index (χ1v) is 8.86. The molecule has 2 aromatic carbocycles. The van der Waals surface area contributed by atoms with E-state index in [2.05, 4.69) is 4.72 Å². The van der Waals surface area contributed by atoms with Crippen LogP contribution in [0.2, 0.25) is 5.02 Å². The summed E-state index contributed by atoms with van der Waals surface area (Å²) in [6.07, 6.45) is 0. The molecule has 0 bridgehead atoms. The van der Waals surface area contributed by atoms with Gasteiger partial charge in [0.15, 0.2) is 0 Å². The molecule has 0 aliphatic heterocycles. The van der Waals surface area contributed by atoms with E-state index in [0.29, 0.717) is 21.7 Å². The van der Waals surface area contributed by atoms with Crippen molar-refractivity contribution in [3.63, 3.8) is 0 Å². The molecule has 22 heavy (non-hydrogen) atoms. The molecular weight excluding hydrogens is 352 g/mol. The van der Waals surface area contributed by atoms with Gasteiger partial charge in [-0.25, -0.2) is 8.42 Å². The maximum atomic E-state index is 12.2. The second-order valence-corrected chi connectivity index (χ2v) is 7.57. The van der Waals surface area contributed by atoms with Crippen LogP contribution in [0.25, 0.3) is 0 Å². The van der Waals surface area contributed by atoms with Crippen molar-refractivity contribution in [3.05, 3.63) is 53.1 Å². The number of alkyl halides is 2. The molecule has 0 saturated heterocycles. The maximum absolute atomic E-state index is 12.2. The highest BCUT2D eigenvalue weighted by molar-refractivity contribution is 7.99. The molecule has 1 N–H and O–H groups in total. The van der Waals surface area contributed by atoms with Crippen molar-refractivity contribution in [1.82, 2.24) is 0 Å². The highest BCUT2D eigenvalue weighted by Crippen LogP contribution is 2.27. The average Bonchev–Trinajstić information content (AvgIpc) is 2.43. The third kappa shape index (κ3) is 4.34. The van der Waals surface area contributed by atoms with Gasteiger partial charge in [0.1, 0.15) is 0 Å². The summed E-state index contributed by atoms with van der Waals surface area (Å²) < 4.78 is 51.3. The Bertz CT molecular complexity index is 765. The van der Waals surface area contributed by atoms with Gasteiger partial charge in [-0.2, -0.15) is 8.78 Å². The second-order valence-electron chi connectivity index (χ2n) is 4.42. The molecule has 0 atom stereocenters. The molecule has 0 heterocycles. The van der Waals surface area contributed by atoms with Crippen LogP contribution >= 0.6 is 23.4 Å². The van der Waals surface area contributed by atoms with Gasteiger partial charge in [-0.15, -0.1) is 0 Å². The van der Waals surface area contributed by atoms with Crippen LogP contribution < -0.4 is 4.72 Å². The Morgan fingerprint density at radius 3 is 2.32 bits per heavy atom. The van der Waals surface area contributed by atoms with Crippen molar-refractivity contribution in [3.8, 4) is 0 Å².